The SMILES string of the molecule is CCCn1c(SCC(=O)Nc2ccc(OCC)cc2)nnc1-c1ccncc1. The molecule has 0 spiro atoms. The molecule has 7 nitrogen and oxygen atoms in total. The zero-order chi connectivity index (χ0) is 19.8. The van der Waals surface area contributed by atoms with E-state index in [1.807, 2.05) is 47.9 Å². The van der Waals surface area contributed by atoms with E-state index in [1.165, 1.54) is 11.8 Å². The summed E-state index contributed by atoms with van der Waals surface area (Å²) < 4.78 is 7.45. The molecule has 1 aromatic carbocycles. The highest BCUT2D eigenvalue weighted by atomic mass is 32.2. The van der Waals surface area contributed by atoms with Gasteiger partial charge in [0.25, 0.3) is 0 Å². The third-order valence-electron chi connectivity index (χ3n) is 3.88. The van der Waals surface area contributed by atoms with Crippen molar-refractivity contribution >= 4 is 23.4 Å². The molecule has 3 rings (SSSR count). The molecule has 1 N–H and O–H groups in total. The fourth-order valence-electron chi connectivity index (χ4n) is 2.66. The molecular weight excluding hydrogens is 374 g/mol. The number of thioether (sulfide) groups is 1. The first-order valence-corrected chi connectivity index (χ1v) is 10.2. The number of benzene rings is 1. The maximum absolute atomic E-state index is 12.3. The molecule has 1 amide bonds. The van der Waals surface area contributed by atoms with Gasteiger partial charge in [-0.2, -0.15) is 0 Å². The summed E-state index contributed by atoms with van der Waals surface area (Å²) >= 11 is 1.38. The Morgan fingerprint density at radius 2 is 1.86 bits per heavy atom. The Morgan fingerprint density at radius 1 is 1.11 bits per heavy atom. The van der Waals surface area contributed by atoms with E-state index in [1.54, 1.807) is 12.4 Å². The molecule has 0 aliphatic carbocycles. The Balaban J connectivity index is 1.63. The summed E-state index contributed by atoms with van der Waals surface area (Å²) in [6.45, 7) is 5.43. The van der Waals surface area contributed by atoms with Gasteiger partial charge < -0.3 is 14.6 Å². The molecule has 0 aliphatic rings. The lowest BCUT2D eigenvalue weighted by Gasteiger charge is -2.09. The number of nitrogens with one attached hydrogen (secondary N) is 1. The summed E-state index contributed by atoms with van der Waals surface area (Å²) in [4.78, 5) is 16.4. The highest BCUT2D eigenvalue weighted by Gasteiger charge is 2.15. The molecule has 0 aliphatic heterocycles. The highest BCUT2D eigenvalue weighted by molar-refractivity contribution is 7.99. The number of pyridine rings is 1. The van der Waals surface area contributed by atoms with Gasteiger partial charge in [0, 0.05) is 30.2 Å². The van der Waals surface area contributed by atoms with Crippen LogP contribution >= 0.6 is 11.8 Å². The molecule has 0 fully saturated rings. The first kappa shape index (κ1) is 19.9. The molecule has 146 valence electrons. The third-order valence-corrected chi connectivity index (χ3v) is 4.85. The smallest absolute Gasteiger partial charge is 0.234 e. The maximum Gasteiger partial charge on any atom is 0.234 e. The predicted octanol–water partition coefficient (Wildman–Crippen LogP) is 3.88. The predicted molar refractivity (Wildman–Crippen MR) is 111 cm³/mol. The average molecular weight is 398 g/mol. The number of amides is 1. The van der Waals surface area contributed by atoms with Crippen molar-refractivity contribution in [2.24, 2.45) is 0 Å². The molecule has 3 aromatic rings. The first-order valence-electron chi connectivity index (χ1n) is 9.20. The highest BCUT2D eigenvalue weighted by Crippen LogP contribution is 2.24. The summed E-state index contributed by atoms with van der Waals surface area (Å²) in [7, 11) is 0. The number of hydrogen-bond acceptors (Lipinski definition) is 6. The van der Waals surface area contributed by atoms with Crippen molar-refractivity contribution in [1.82, 2.24) is 19.7 Å². The molecular formula is C20H23N5O2S. The van der Waals surface area contributed by atoms with Crippen LogP contribution in [0.1, 0.15) is 20.3 Å². The number of nitrogens with zero attached hydrogens (tertiary/aromatic N) is 4. The summed E-state index contributed by atoms with van der Waals surface area (Å²) in [6.07, 6.45) is 4.41. The van der Waals surface area contributed by atoms with Crippen LogP contribution in [-0.2, 0) is 11.3 Å². The Bertz CT molecular complexity index is 897. The van der Waals surface area contributed by atoms with Crippen LogP contribution < -0.4 is 10.1 Å². The van der Waals surface area contributed by atoms with Crippen LogP contribution in [0.15, 0.2) is 53.9 Å². The summed E-state index contributed by atoms with van der Waals surface area (Å²) in [5.41, 5.74) is 1.70. The fraction of sp³-hybridized carbons (Fsp3) is 0.300. The average Bonchev–Trinajstić information content (AvgIpc) is 3.12. The van der Waals surface area contributed by atoms with Crippen LogP contribution in [0.4, 0.5) is 5.69 Å². The van der Waals surface area contributed by atoms with Crippen molar-refractivity contribution in [1.29, 1.82) is 0 Å². The molecule has 8 heteroatoms. The number of carbonyl (C=O) groups excluding carboxylic acids is 1. The molecule has 0 saturated carbocycles. The lowest BCUT2D eigenvalue weighted by molar-refractivity contribution is -0.113. The first-order chi connectivity index (χ1) is 13.7. The molecule has 0 bridgehead atoms. The van der Waals surface area contributed by atoms with Crippen LogP contribution in [0.2, 0.25) is 0 Å². The quantitative estimate of drug-likeness (QED) is 0.552. The van der Waals surface area contributed by atoms with Gasteiger partial charge in [-0.05, 0) is 49.7 Å². The lowest BCUT2D eigenvalue weighted by Crippen LogP contribution is -2.14. The largest absolute Gasteiger partial charge is 0.494 e. The Labute approximate surface area is 168 Å². The van der Waals surface area contributed by atoms with Crippen molar-refractivity contribution in [3.05, 3.63) is 48.8 Å². The van der Waals surface area contributed by atoms with E-state index in [0.29, 0.717) is 6.61 Å². The number of rotatable bonds is 9. The zero-order valence-corrected chi connectivity index (χ0v) is 16.8. The summed E-state index contributed by atoms with van der Waals surface area (Å²) in [6, 6.07) is 11.1. The van der Waals surface area contributed by atoms with E-state index in [-0.39, 0.29) is 11.7 Å². The molecule has 2 aromatic heterocycles. The number of anilines is 1. The van der Waals surface area contributed by atoms with Crippen LogP contribution in [0.3, 0.4) is 0 Å². The van der Waals surface area contributed by atoms with Crippen LogP contribution in [0, 0.1) is 0 Å². The van der Waals surface area contributed by atoms with Gasteiger partial charge in [-0.1, -0.05) is 18.7 Å². The lowest BCUT2D eigenvalue weighted by atomic mass is 10.2. The zero-order valence-electron chi connectivity index (χ0n) is 16.0. The second-order valence-corrected chi connectivity index (χ2v) is 6.93. The van der Waals surface area contributed by atoms with E-state index >= 15 is 0 Å². The van der Waals surface area contributed by atoms with Crippen molar-refractivity contribution in [3.63, 3.8) is 0 Å². The Hall–Kier alpha value is -2.87. The van der Waals surface area contributed by atoms with Crippen molar-refractivity contribution in [2.75, 3.05) is 17.7 Å². The Morgan fingerprint density at radius 3 is 2.54 bits per heavy atom. The van der Waals surface area contributed by atoms with Gasteiger partial charge in [-0.15, -0.1) is 10.2 Å². The second kappa shape index (κ2) is 9.89. The van der Waals surface area contributed by atoms with Gasteiger partial charge >= 0.3 is 0 Å². The van der Waals surface area contributed by atoms with Gasteiger partial charge in [0.1, 0.15) is 5.75 Å². The van der Waals surface area contributed by atoms with Crippen LogP contribution in [0.25, 0.3) is 11.4 Å². The topological polar surface area (TPSA) is 81.9 Å². The molecule has 28 heavy (non-hydrogen) atoms. The minimum atomic E-state index is -0.0920. The van der Waals surface area contributed by atoms with Gasteiger partial charge in [0.05, 0.1) is 12.4 Å². The van der Waals surface area contributed by atoms with Crippen molar-refractivity contribution < 1.29 is 9.53 Å². The summed E-state index contributed by atoms with van der Waals surface area (Å²) in [5.74, 6) is 1.74. The second-order valence-electron chi connectivity index (χ2n) is 5.99. The van der Waals surface area contributed by atoms with E-state index in [2.05, 4.69) is 27.4 Å². The van der Waals surface area contributed by atoms with Crippen molar-refractivity contribution in [3.8, 4) is 17.1 Å². The van der Waals surface area contributed by atoms with E-state index in [9.17, 15) is 4.79 Å². The third kappa shape index (κ3) is 5.10. The Kier molecular flexibility index (Phi) is 7.02. The van der Waals surface area contributed by atoms with Gasteiger partial charge in [-0.25, -0.2) is 0 Å². The van der Waals surface area contributed by atoms with E-state index < -0.39 is 0 Å². The number of ether oxygens (including phenoxy) is 1. The number of hydrogen-bond donors (Lipinski definition) is 1. The van der Waals surface area contributed by atoms with Crippen LogP contribution in [-0.4, -0.2) is 38.0 Å². The van der Waals surface area contributed by atoms with Crippen molar-refractivity contribution in [2.45, 2.75) is 32.0 Å². The molecule has 2 heterocycles. The molecule has 0 radical (unpaired) electrons. The van der Waals surface area contributed by atoms with E-state index in [4.69, 9.17) is 4.74 Å². The van der Waals surface area contributed by atoms with Gasteiger partial charge in [0.2, 0.25) is 5.91 Å². The number of aromatic nitrogens is 4. The number of carbonyl (C=O) groups is 1. The van der Waals surface area contributed by atoms with E-state index in [0.717, 1.165) is 40.9 Å². The molecule has 0 atom stereocenters. The molecule has 0 saturated heterocycles. The standard InChI is InChI=1S/C20H23N5O2S/c1-3-13-25-19(15-9-11-21-12-10-15)23-24-20(25)28-14-18(26)22-16-5-7-17(8-6-16)27-4-2/h5-12H,3-4,13-14H2,1-2H3,(H,22,26). The van der Waals surface area contributed by atoms with Gasteiger partial charge in [-0.3, -0.25) is 9.78 Å². The monoisotopic (exact) mass is 397 g/mol. The minimum Gasteiger partial charge on any atom is -0.494 e. The van der Waals surface area contributed by atoms with Gasteiger partial charge in [0.15, 0.2) is 11.0 Å². The summed E-state index contributed by atoms with van der Waals surface area (Å²) in [5, 5.41) is 12.2. The van der Waals surface area contributed by atoms with Crippen LogP contribution in [0.5, 0.6) is 5.75 Å². The normalized spacial score (nSPS) is 10.6. The fourth-order valence-corrected chi connectivity index (χ4v) is 3.43. The molecule has 0 unspecified atom stereocenters. The maximum atomic E-state index is 12.3. The minimum absolute atomic E-state index is 0.0920.